The number of likely N-dealkylation sites (N-methyl/N-ethyl adjacent to an activating group) is 1. The molecule has 172 valence electrons. The van der Waals surface area contributed by atoms with Crippen LogP contribution in [-0.2, 0) is 6.42 Å². The Kier molecular flexibility index (Phi) is 6.76. The normalized spacial score (nSPS) is 17.5. The molecule has 32 heavy (non-hydrogen) atoms. The fourth-order valence-corrected chi connectivity index (χ4v) is 4.36. The van der Waals surface area contributed by atoms with Crippen LogP contribution in [-0.4, -0.2) is 80.2 Å². The second-order valence-electron chi connectivity index (χ2n) is 8.56. The molecule has 0 spiro atoms. The molecule has 1 aromatic carbocycles. The van der Waals surface area contributed by atoms with Gasteiger partial charge in [0.15, 0.2) is 17.3 Å². The SMILES string of the molecule is CCc1nc(C(N)=O)c(Nc2ccc(N3CCN(C)CC3)c(C)c2)nc1N1CCNCC1. The zero-order valence-electron chi connectivity index (χ0n) is 19.3. The first kappa shape index (κ1) is 22.3. The van der Waals surface area contributed by atoms with Gasteiger partial charge in [-0.15, -0.1) is 0 Å². The Morgan fingerprint density at radius 2 is 1.81 bits per heavy atom. The summed E-state index contributed by atoms with van der Waals surface area (Å²) in [5, 5.41) is 6.68. The van der Waals surface area contributed by atoms with Crippen LogP contribution in [0.5, 0.6) is 0 Å². The molecular formula is C23H34N8O. The predicted octanol–water partition coefficient (Wildman–Crippen LogP) is 1.35. The van der Waals surface area contributed by atoms with E-state index in [1.165, 1.54) is 11.3 Å². The molecule has 2 aliphatic heterocycles. The average molecular weight is 439 g/mol. The number of anilines is 4. The highest BCUT2D eigenvalue weighted by Gasteiger charge is 2.22. The Labute approximate surface area is 190 Å². The standard InChI is InChI=1S/C23H34N8O/c1-4-18-23(31-9-7-25-8-10-31)28-22(20(27-18)21(24)32)26-17-5-6-19(16(2)15-17)30-13-11-29(3)12-14-30/h5-6,15,25H,4,7-14H2,1-3H3,(H2,24,32)(H,26,28). The molecular weight excluding hydrogens is 404 g/mol. The van der Waals surface area contributed by atoms with Crippen molar-refractivity contribution in [1.29, 1.82) is 0 Å². The van der Waals surface area contributed by atoms with Gasteiger partial charge in [-0.2, -0.15) is 0 Å². The second-order valence-corrected chi connectivity index (χ2v) is 8.56. The third-order valence-corrected chi connectivity index (χ3v) is 6.24. The molecule has 0 saturated carbocycles. The van der Waals surface area contributed by atoms with Crippen molar-refractivity contribution in [3.05, 3.63) is 35.2 Å². The molecule has 0 unspecified atom stereocenters. The van der Waals surface area contributed by atoms with E-state index >= 15 is 0 Å². The Balaban J connectivity index is 1.62. The number of aromatic nitrogens is 2. The van der Waals surface area contributed by atoms with Crippen LogP contribution in [0.15, 0.2) is 18.2 Å². The number of nitrogens with zero attached hydrogens (tertiary/aromatic N) is 5. The minimum absolute atomic E-state index is 0.182. The Bertz CT molecular complexity index is 965. The lowest BCUT2D eigenvalue weighted by Gasteiger charge is -2.35. The van der Waals surface area contributed by atoms with E-state index in [4.69, 9.17) is 10.7 Å². The topological polar surface area (TPSA) is 103 Å². The minimum Gasteiger partial charge on any atom is -0.369 e. The van der Waals surface area contributed by atoms with Gasteiger partial charge in [0.25, 0.3) is 5.91 Å². The highest BCUT2D eigenvalue weighted by molar-refractivity contribution is 5.96. The number of nitrogens with one attached hydrogen (secondary N) is 2. The molecule has 2 saturated heterocycles. The fourth-order valence-electron chi connectivity index (χ4n) is 4.36. The maximum Gasteiger partial charge on any atom is 0.271 e. The predicted molar refractivity (Wildman–Crippen MR) is 129 cm³/mol. The van der Waals surface area contributed by atoms with Gasteiger partial charge in [0, 0.05) is 63.7 Å². The van der Waals surface area contributed by atoms with Gasteiger partial charge in [-0.1, -0.05) is 6.92 Å². The first-order chi connectivity index (χ1) is 15.5. The number of nitrogens with two attached hydrogens (primary N) is 1. The Hall–Kier alpha value is -2.91. The summed E-state index contributed by atoms with van der Waals surface area (Å²) in [6, 6.07) is 6.27. The first-order valence-corrected chi connectivity index (χ1v) is 11.4. The van der Waals surface area contributed by atoms with Gasteiger partial charge in [0.05, 0.1) is 5.69 Å². The van der Waals surface area contributed by atoms with Crippen LogP contribution in [0.25, 0.3) is 0 Å². The Morgan fingerprint density at radius 3 is 2.44 bits per heavy atom. The molecule has 2 fully saturated rings. The van der Waals surface area contributed by atoms with Crippen molar-refractivity contribution < 1.29 is 4.79 Å². The number of primary amides is 1. The summed E-state index contributed by atoms with van der Waals surface area (Å²) < 4.78 is 0. The third kappa shape index (κ3) is 4.78. The van der Waals surface area contributed by atoms with Crippen molar-refractivity contribution in [3.63, 3.8) is 0 Å². The number of hydrogen-bond donors (Lipinski definition) is 3. The van der Waals surface area contributed by atoms with E-state index in [1.54, 1.807) is 0 Å². The fraction of sp³-hybridized carbons (Fsp3) is 0.522. The molecule has 0 radical (unpaired) electrons. The van der Waals surface area contributed by atoms with Gasteiger partial charge in [-0.05, 0) is 44.2 Å². The quantitative estimate of drug-likeness (QED) is 0.621. The molecule has 3 heterocycles. The van der Waals surface area contributed by atoms with E-state index in [0.29, 0.717) is 12.2 Å². The van der Waals surface area contributed by atoms with E-state index in [2.05, 4.69) is 56.4 Å². The minimum atomic E-state index is -0.577. The summed E-state index contributed by atoms with van der Waals surface area (Å²) in [6.07, 6.45) is 0.686. The van der Waals surface area contributed by atoms with E-state index < -0.39 is 5.91 Å². The van der Waals surface area contributed by atoms with Crippen molar-refractivity contribution in [2.45, 2.75) is 20.3 Å². The number of carbonyl (C=O) groups is 1. The summed E-state index contributed by atoms with van der Waals surface area (Å²) in [5.74, 6) is 0.662. The van der Waals surface area contributed by atoms with Gasteiger partial charge in [-0.25, -0.2) is 9.97 Å². The van der Waals surface area contributed by atoms with Crippen LogP contribution in [0.3, 0.4) is 0 Å². The summed E-state index contributed by atoms with van der Waals surface area (Å²) in [7, 11) is 2.16. The number of carbonyl (C=O) groups excluding carboxylic acids is 1. The number of rotatable bonds is 6. The van der Waals surface area contributed by atoms with E-state index in [1.807, 2.05) is 13.0 Å². The molecule has 2 aliphatic rings. The van der Waals surface area contributed by atoms with Crippen LogP contribution in [0.1, 0.15) is 28.7 Å². The van der Waals surface area contributed by atoms with E-state index in [9.17, 15) is 4.79 Å². The molecule has 0 atom stereocenters. The number of aryl methyl sites for hydroxylation is 2. The van der Waals surface area contributed by atoms with Gasteiger partial charge >= 0.3 is 0 Å². The lowest BCUT2D eigenvalue weighted by Crippen LogP contribution is -2.44. The van der Waals surface area contributed by atoms with E-state index in [0.717, 1.165) is 69.6 Å². The lowest BCUT2D eigenvalue weighted by molar-refractivity contribution is 0.0996. The van der Waals surface area contributed by atoms with Crippen LogP contribution >= 0.6 is 0 Å². The highest BCUT2D eigenvalue weighted by Crippen LogP contribution is 2.29. The summed E-state index contributed by atoms with van der Waals surface area (Å²) in [4.78, 5) is 28.6. The number of piperazine rings is 2. The second kappa shape index (κ2) is 9.70. The summed E-state index contributed by atoms with van der Waals surface area (Å²) >= 11 is 0. The number of hydrogen-bond acceptors (Lipinski definition) is 8. The lowest BCUT2D eigenvalue weighted by atomic mass is 10.1. The van der Waals surface area contributed by atoms with E-state index in [-0.39, 0.29) is 5.69 Å². The zero-order valence-corrected chi connectivity index (χ0v) is 19.3. The van der Waals surface area contributed by atoms with Crippen molar-refractivity contribution in [3.8, 4) is 0 Å². The van der Waals surface area contributed by atoms with Crippen LogP contribution in [0.2, 0.25) is 0 Å². The molecule has 4 N–H and O–H groups in total. The zero-order chi connectivity index (χ0) is 22.7. The van der Waals surface area contributed by atoms with Crippen molar-refractivity contribution in [1.82, 2.24) is 20.2 Å². The third-order valence-electron chi connectivity index (χ3n) is 6.24. The first-order valence-electron chi connectivity index (χ1n) is 11.4. The van der Waals surface area contributed by atoms with Crippen LogP contribution in [0.4, 0.5) is 23.0 Å². The van der Waals surface area contributed by atoms with Crippen LogP contribution in [0, 0.1) is 6.92 Å². The smallest absolute Gasteiger partial charge is 0.271 e. The van der Waals surface area contributed by atoms with Crippen LogP contribution < -0.4 is 26.2 Å². The van der Waals surface area contributed by atoms with Crippen molar-refractivity contribution in [2.24, 2.45) is 5.73 Å². The number of amides is 1. The number of benzene rings is 1. The van der Waals surface area contributed by atoms with Gasteiger partial charge in [0.2, 0.25) is 0 Å². The Morgan fingerprint density at radius 1 is 1.09 bits per heavy atom. The molecule has 9 nitrogen and oxygen atoms in total. The van der Waals surface area contributed by atoms with Gasteiger partial charge in [-0.3, -0.25) is 4.79 Å². The molecule has 1 amide bonds. The van der Waals surface area contributed by atoms with Crippen molar-refractivity contribution >= 4 is 28.9 Å². The molecule has 0 aliphatic carbocycles. The molecule has 0 bridgehead atoms. The largest absolute Gasteiger partial charge is 0.369 e. The summed E-state index contributed by atoms with van der Waals surface area (Å²) in [5.41, 5.74) is 9.94. The molecule has 2 aromatic rings. The molecule has 9 heteroatoms. The van der Waals surface area contributed by atoms with Crippen molar-refractivity contribution in [2.75, 3.05) is 74.5 Å². The van der Waals surface area contributed by atoms with Gasteiger partial charge < -0.3 is 31.1 Å². The highest BCUT2D eigenvalue weighted by atomic mass is 16.1. The molecule has 1 aromatic heterocycles. The monoisotopic (exact) mass is 438 g/mol. The summed E-state index contributed by atoms with van der Waals surface area (Å²) in [6.45, 7) is 11.8. The maximum absolute atomic E-state index is 12.2. The average Bonchev–Trinajstić information content (AvgIpc) is 2.80. The molecule has 4 rings (SSSR count). The maximum atomic E-state index is 12.2. The van der Waals surface area contributed by atoms with Gasteiger partial charge in [0.1, 0.15) is 0 Å².